The highest BCUT2D eigenvalue weighted by molar-refractivity contribution is 9.10. The van der Waals surface area contributed by atoms with E-state index in [1.165, 1.54) is 6.08 Å². The Morgan fingerprint density at radius 2 is 1.65 bits per heavy atom. The van der Waals surface area contributed by atoms with Gasteiger partial charge < -0.3 is 14.8 Å². The molecule has 7 heteroatoms. The lowest BCUT2D eigenvalue weighted by Crippen LogP contribution is -2.13. The van der Waals surface area contributed by atoms with Gasteiger partial charge >= 0.3 is 0 Å². The van der Waals surface area contributed by atoms with Crippen molar-refractivity contribution in [2.45, 2.75) is 13.2 Å². The van der Waals surface area contributed by atoms with Crippen LogP contribution in [0.15, 0.2) is 107 Å². The summed E-state index contributed by atoms with van der Waals surface area (Å²) in [5.41, 5.74) is 3.15. The number of nitrogens with zero attached hydrogens (tertiary/aromatic N) is 1. The van der Waals surface area contributed by atoms with E-state index in [1.54, 1.807) is 42.5 Å². The average molecular weight is 574 g/mol. The molecule has 0 radical (unpaired) electrons. The minimum atomic E-state index is -0.504. The van der Waals surface area contributed by atoms with Crippen molar-refractivity contribution in [2.24, 2.45) is 0 Å². The third-order valence-corrected chi connectivity index (χ3v) is 6.32. The maximum atomic E-state index is 12.7. The van der Waals surface area contributed by atoms with Gasteiger partial charge in [0.1, 0.15) is 36.4 Å². The number of anilines is 1. The quantitative estimate of drug-likeness (QED) is 0.164. The molecule has 1 N–H and O–H groups in total. The number of hydrogen-bond acceptors (Lipinski definition) is 4. The van der Waals surface area contributed by atoms with Crippen molar-refractivity contribution in [3.8, 4) is 17.6 Å². The Balaban J connectivity index is 1.36. The highest BCUT2D eigenvalue weighted by atomic mass is 79.9. The van der Waals surface area contributed by atoms with E-state index in [0.29, 0.717) is 45.5 Å². The molecule has 0 unspecified atom stereocenters. The molecule has 0 fully saturated rings. The van der Waals surface area contributed by atoms with Crippen molar-refractivity contribution in [1.82, 2.24) is 0 Å². The topological polar surface area (TPSA) is 71.3 Å². The van der Waals surface area contributed by atoms with Crippen LogP contribution in [0.1, 0.15) is 16.7 Å². The Bertz CT molecular complexity index is 1450. The molecular formula is C30H22BrClN2O3. The zero-order chi connectivity index (χ0) is 26.0. The van der Waals surface area contributed by atoms with Crippen molar-refractivity contribution in [1.29, 1.82) is 5.26 Å². The smallest absolute Gasteiger partial charge is 0.266 e. The first-order valence-electron chi connectivity index (χ1n) is 11.4. The molecule has 37 heavy (non-hydrogen) atoms. The largest absolute Gasteiger partial charge is 0.489 e. The summed E-state index contributed by atoms with van der Waals surface area (Å²) < 4.78 is 12.3. The summed E-state index contributed by atoms with van der Waals surface area (Å²) in [7, 11) is 0. The standard InChI is InChI=1S/C30H22BrClN2O3/c31-27-17-22(10-15-29(27)37-20-23-8-4-5-9-28(23)32)16-24(18-33)30(35)34-25-11-13-26(14-12-25)36-19-21-6-2-1-3-7-21/h1-17H,19-20H2,(H,34,35)/b24-16+. The highest BCUT2D eigenvalue weighted by Crippen LogP contribution is 2.29. The number of benzene rings is 4. The van der Waals surface area contributed by atoms with Gasteiger partial charge in [-0.1, -0.05) is 66.2 Å². The molecule has 0 atom stereocenters. The third kappa shape index (κ3) is 7.47. The van der Waals surface area contributed by atoms with Gasteiger partial charge in [0.25, 0.3) is 5.91 Å². The first-order valence-corrected chi connectivity index (χ1v) is 12.5. The van der Waals surface area contributed by atoms with Crippen molar-refractivity contribution in [2.75, 3.05) is 5.32 Å². The number of hydrogen-bond donors (Lipinski definition) is 1. The molecule has 0 saturated carbocycles. The second-order valence-electron chi connectivity index (χ2n) is 7.99. The maximum Gasteiger partial charge on any atom is 0.266 e. The molecule has 4 aromatic carbocycles. The average Bonchev–Trinajstić information content (AvgIpc) is 2.92. The van der Waals surface area contributed by atoms with Crippen molar-refractivity contribution in [3.63, 3.8) is 0 Å². The SMILES string of the molecule is N#C/C(=C\c1ccc(OCc2ccccc2Cl)c(Br)c1)C(=O)Nc1ccc(OCc2ccccc2)cc1. The summed E-state index contributed by atoms with van der Waals surface area (Å²) >= 11 is 9.68. The van der Waals surface area contributed by atoms with Gasteiger partial charge in [0.2, 0.25) is 0 Å². The number of nitriles is 1. The van der Waals surface area contributed by atoms with Crippen molar-refractivity contribution < 1.29 is 14.3 Å². The van der Waals surface area contributed by atoms with E-state index in [9.17, 15) is 10.1 Å². The highest BCUT2D eigenvalue weighted by Gasteiger charge is 2.11. The Morgan fingerprint density at radius 3 is 2.35 bits per heavy atom. The van der Waals surface area contributed by atoms with E-state index in [2.05, 4.69) is 21.2 Å². The number of carbonyl (C=O) groups excluding carboxylic acids is 1. The van der Waals surface area contributed by atoms with Crippen LogP contribution in [0.4, 0.5) is 5.69 Å². The van der Waals surface area contributed by atoms with Crippen molar-refractivity contribution in [3.05, 3.63) is 129 Å². The van der Waals surface area contributed by atoms with E-state index >= 15 is 0 Å². The van der Waals surface area contributed by atoms with Gasteiger partial charge in [-0.3, -0.25) is 4.79 Å². The number of nitrogens with one attached hydrogen (secondary N) is 1. The van der Waals surface area contributed by atoms with Gasteiger partial charge in [-0.15, -0.1) is 0 Å². The molecule has 0 heterocycles. The van der Waals surface area contributed by atoms with Crippen LogP contribution < -0.4 is 14.8 Å². The van der Waals surface area contributed by atoms with Crippen LogP contribution in [-0.2, 0) is 18.0 Å². The lowest BCUT2D eigenvalue weighted by atomic mass is 10.1. The van der Waals surface area contributed by atoms with Gasteiger partial charge in [-0.05, 0) is 75.6 Å². The first kappa shape index (κ1) is 26.0. The molecule has 0 aliphatic heterocycles. The predicted molar refractivity (Wildman–Crippen MR) is 149 cm³/mol. The zero-order valence-corrected chi connectivity index (χ0v) is 22.0. The Kier molecular flexibility index (Phi) is 8.98. The molecule has 0 bridgehead atoms. The van der Waals surface area contributed by atoms with Crippen LogP contribution in [-0.4, -0.2) is 5.91 Å². The van der Waals surface area contributed by atoms with E-state index in [0.717, 1.165) is 11.1 Å². The minimum absolute atomic E-state index is 0.0268. The molecule has 1 amide bonds. The Hall–Kier alpha value is -4.05. The first-order chi connectivity index (χ1) is 18.0. The monoisotopic (exact) mass is 572 g/mol. The second-order valence-corrected chi connectivity index (χ2v) is 9.25. The van der Waals surface area contributed by atoms with Crippen LogP contribution in [0.5, 0.6) is 11.5 Å². The molecule has 0 aromatic heterocycles. The summed E-state index contributed by atoms with van der Waals surface area (Å²) in [6.07, 6.45) is 1.52. The molecule has 0 aliphatic rings. The van der Waals surface area contributed by atoms with Gasteiger partial charge in [-0.25, -0.2) is 0 Å². The molecule has 184 valence electrons. The van der Waals surface area contributed by atoms with E-state index < -0.39 is 5.91 Å². The zero-order valence-electron chi connectivity index (χ0n) is 19.7. The number of amides is 1. The second kappa shape index (κ2) is 12.8. The van der Waals surface area contributed by atoms with E-state index in [-0.39, 0.29) is 5.57 Å². The Morgan fingerprint density at radius 1 is 0.919 bits per heavy atom. The molecule has 5 nitrogen and oxygen atoms in total. The van der Waals surface area contributed by atoms with Crippen LogP contribution in [0.2, 0.25) is 5.02 Å². The Labute approximate surface area is 229 Å². The predicted octanol–water partition coefficient (Wildman–Crippen LogP) is 7.81. The van der Waals surface area contributed by atoms with Crippen LogP contribution >= 0.6 is 27.5 Å². The van der Waals surface area contributed by atoms with Gasteiger partial charge in [0.15, 0.2) is 0 Å². The molecular weight excluding hydrogens is 552 g/mol. The minimum Gasteiger partial charge on any atom is -0.489 e. The summed E-state index contributed by atoms with van der Waals surface area (Å²) in [5, 5.41) is 13.0. The molecule has 0 aliphatic carbocycles. The molecule has 0 spiro atoms. The van der Waals surface area contributed by atoms with Crippen LogP contribution in [0.25, 0.3) is 6.08 Å². The van der Waals surface area contributed by atoms with Crippen LogP contribution in [0.3, 0.4) is 0 Å². The molecule has 4 aromatic rings. The molecule has 0 saturated heterocycles. The van der Waals surface area contributed by atoms with Crippen molar-refractivity contribution >= 4 is 45.2 Å². The fourth-order valence-corrected chi connectivity index (χ4v) is 4.09. The van der Waals surface area contributed by atoms with E-state index in [1.807, 2.05) is 60.7 Å². The summed E-state index contributed by atoms with van der Waals surface area (Å²) in [5.74, 6) is 0.796. The summed E-state index contributed by atoms with van der Waals surface area (Å²) in [4.78, 5) is 12.7. The summed E-state index contributed by atoms with van der Waals surface area (Å²) in [6.45, 7) is 0.767. The fourth-order valence-electron chi connectivity index (χ4n) is 3.38. The maximum absolute atomic E-state index is 12.7. The summed E-state index contributed by atoms with van der Waals surface area (Å²) in [6, 6.07) is 31.6. The number of carbonyl (C=O) groups is 1. The number of halogens is 2. The molecule has 4 rings (SSSR count). The van der Waals surface area contributed by atoms with Gasteiger partial charge in [0.05, 0.1) is 4.47 Å². The van der Waals surface area contributed by atoms with Crippen LogP contribution in [0, 0.1) is 11.3 Å². The fraction of sp³-hybridized carbons (Fsp3) is 0.0667. The normalized spacial score (nSPS) is 10.9. The third-order valence-electron chi connectivity index (χ3n) is 5.33. The van der Waals surface area contributed by atoms with E-state index in [4.69, 9.17) is 21.1 Å². The number of ether oxygens (including phenoxy) is 2. The lowest BCUT2D eigenvalue weighted by Gasteiger charge is -2.10. The number of rotatable bonds is 9. The van der Waals surface area contributed by atoms with Gasteiger partial charge in [-0.2, -0.15) is 5.26 Å². The van der Waals surface area contributed by atoms with Gasteiger partial charge in [0, 0.05) is 16.3 Å². The lowest BCUT2D eigenvalue weighted by molar-refractivity contribution is -0.112.